The van der Waals surface area contributed by atoms with Crippen LogP contribution in [0.4, 0.5) is 13.2 Å². The average molecular weight is 284 g/mol. The molecule has 0 spiro atoms. The van der Waals surface area contributed by atoms with Gasteiger partial charge in [-0.3, -0.25) is 9.78 Å². The van der Waals surface area contributed by atoms with E-state index in [1.54, 1.807) is 11.4 Å². The molecule has 0 saturated heterocycles. The summed E-state index contributed by atoms with van der Waals surface area (Å²) in [4.78, 5) is 15.3. The van der Waals surface area contributed by atoms with Crippen LogP contribution in [0.1, 0.15) is 0 Å². The Morgan fingerprint density at radius 2 is 2.05 bits per heavy atom. The molecule has 106 valence electrons. The lowest BCUT2D eigenvalue weighted by Gasteiger charge is -2.09. The summed E-state index contributed by atoms with van der Waals surface area (Å²) in [7, 11) is 0. The topological polar surface area (TPSA) is 51.2 Å². The Labute approximate surface area is 112 Å². The smallest absolute Gasteiger partial charge is 0.405 e. The minimum Gasteiger partial charge on any atom is -0.482 e. The van der Waals surface area contributed by atoms with E-state index in [9.17, 15) is 18.0 Å². The van der Waals surface area contributed by atoms with Gasteiger partial charge in [-0.15, -0.1) is 0 Å². The molecule has 0 aliphatic heterocycles. The number of carbonyl (C=O) groups is 1. The van der Waals surface area contributed by atoms with E-state index in [2.05, 4.69) is 4.98 Å². The second-order valence-corrected chi connectivity index (χ2v) is 4.04. The predicted molar refractivity (Wildman–Crippen MR) is 66.3 cm³/mol. The zero-order valence-electron chi connectivity index (χ0n) is 10.3. The van der Waals surface area contributed by atoms with Crippen molar-refractivity contribution in [3.63, 3.8) is 0 Å². The number of alkyl halides is 3. The number of para-hydroxylation sites is 1. The molecule has 0 bridgehead atoms. The van der Waals surface area contributed by atoms with Crippen LogP contribution in [0, 0.1) is 0 Å². The summed E-state index contributed by atoms with van der Waals surface area (Å²) in [5.74, 6) is -0.513. The molecule has 1 aromatic heterocycles. The number of rotatable bonds is 4. The summed E-state index contributed by atoms with van der Waals surface area (Å²) >= 11 is 0. The number of halogens is 3. The molecule has 0 aliphatic carbocycles. The first-order valence-corrected chi connectivity index (χ1v) is 5.75. The second-order valence-electron chi connectivity index (χ2n) is 4.04. The zero-order chi connectivity index (χ0) is 14.6. The summed E-state index contributed by atoms with van der Waals surface area (Å²) < 4.78 is 40.8. The molecule has 1 heterocycles. The third kappa shape index (κ3) is 4.11. The fourth-order valence-electron chi connectivity index (χ4n) is 1.53. The van der Waals surface area contributed by atoms with Crippen LogP contribution in [-0.4, -0.2) is 30.2 Å². The molecule has 0 fully saturated rings. The molecular formula is C13H11F3N2O2. The SMILES string of the molecule is O=C(COc1cnc2ccccc2c1)NCC(F)(F)F. The van der Waals surface area contributed by atoms with Crippen molar-refractivity contribution in [2.24, 2.45) is 0 Å². The molecule has 20 heavy (non-hydrogen) atoms. The maximum atomic E-state index is 11.9. The highest BCUT2D eigenvalue weighted by Crippen LogP contribution is 2.17. The van der Waals surface area contributed by atoms with Crippen molar-refractivity contribution in [1.82, 2.24) is 10.3 Å². The summed E-state index contributed by atoms with van der Waals surface area (Å²) in [6.07, 6.45) is -3.01. The first-order valence-electron chi connectivity index (χ1n) is 5.75. The van der Waals surface area contributed by atoms with Gasteiger partial charge in [0.05, 0.1) is 11.7 Å². The second kappa shape index (κ2) is 5.77. The standard InChI is InChI=1S/C13H11F3N2O2/c14-13(15,16)8-18-12(19)7-20-10-5-9-3-1-2-4-11(9)17-6-10/h1-6H,7-8H2,(H,18,19). The molecule has 0 radical (unpaired) electrons. The largest absolute Gasteiger partial charge is 0.482 e. The lowest BCUT2D eigenvalue weighted by Crippen LogP contribution is -2.36. The summed E-state index contributed by atoms with van der Waals surface area (Å²) in [6, 6.07) is 8.96. The third-order valence-electron chi connectivity index (χ3n) is 2.42. The number of fused-ring (bicyclic) bond motifs is 1. The van der Waals surface area contributed by atoms with Gasteiger partial charge in [-0.1, -0.05) is 18.2 Å². The summed E-state index contributed by atoms with van der Waals surface area (Å²) in [6.45, 7) is -1.86. The molecule has 0 saturated carbocycles. The Bertz CT molecular complexity index is 614. The van der Waals surface area contributed by atoms with Gasteiger partial charge in [-0.2, -0.15) is 13.2 Å². The molecule has 2 rings (SSSR count). The number of amides is 1. The first kappa shape index (κ1) is 14.1. The van der Waals surface area contributed by atoms with Crippen molar-refractivity contribution in [3.8, 4) is 5.75 Å². The highest BCUT2D eigenvalue weighted by molar-refractivity contribution is 5.80. The zero-order valence-corrected chi connectivity index (χ0v) is 10.3. The van der Waals surface area contributed by atoms with Gasteiger partial charge in [0.25, 0.3) is 5.91 Å². The molecule has 0 aliphatic rings. The van der Waals surface area contributed by atoms with E-state index in [1.165, 1.54) is 6.20 Å². The van der Waals surface area contributed by atoms with Crippen LogP contribution in [0.15, 0.2) is 36.5 Å². The Hall–Kier alpha value is -2.31. The van der Waals surface area contributed by atoms with E-state index in [0.29, 0.717) is 5.75 Å². The molecule has 0 unspecified atom stereocenters. The number of carbonyl (C=O) groups excluding carboxylic acids is 1. The van der Waals surface area contributed by atoms with Crippen molar-refractivity contribution >= 4 is 16.8 Å². The Balaban J connectivity index is 1.90. The van der Waals surface area contributed by atoms with Gasteiger partial charge in [0.1, 0.15) is 12.3 Å². The molecule has 7 heteroatoms. The first-order chi connectivity index (χ1) is 9.44. The summed E-state index contributed by atoms with van der Waals surface area (Å²) in [5.41, 5.74) is 0.765. The number of ether oxygens (including phenoxy) is 1. The van der Waals surface area contributed by atoms with Gasteiger partial charge in [0.15, 0.2) is 6.61 Å². The van der Waals surface area contributed by atoms with Gasteiger partial charge in [0, 0.05) is 5.39 Å². The van der Waals surface area contributed by atoms with Gasteiger partial charge in [-0.25, -0.2) is 0 Å². The lowest BCUT2D eigenvalue weighted by atomic mass is 10.2. The molecule has 0 atom stereocenters. The van der Waals surface area contributed by atoms with E-state index in [1.807, 2.05) is 24.3 Å². The van der Waals surface area contributed by atoms with Crippen LogP contribution in [0.3, 0.4) is 0 Å². The minimum absolute atomic E-state index is 0.325. The lowest BCUT2D eigenvalue weighted by molar-refractivity contribution is -0.139. The number of nitrogens with one attached hydrogen (secondary N) is 1. The van der Waals surface area contributed by atoms with Gasteiger partial charge in [0.2, 0.25) is 0 Å². The van der Waals surface area contributed by atoms with Crippen LogP contribution in [0.2, 0.25) is 0 Å². The average Bonchev–Trinajstić information content (AvgIpc) is 2.42. The molecule has 2 aromatic rings. The monoisotopic (exact) mass is 284 g/mol. The van der Waals surface area contributed by atoms with Crippen LogP contribution in [0.5, 0.6) is 5.75 Å². The number of aromatic nitrogens is 1. The highest BCUT2D eigenvalue weighted by atomic mass is 19.4. The van der Waals surface area contributed by atoms with Crippen LogP contribution < -0.4 is 10.1 Å². The van der Waals surface area contributed by atoms with E-state index >= 15 is 0 Å². The van der Waals surface area contributed by atoms with E-state index in [-0.39, 0.29) is 0 Å². The predicted octanol–water partition coefficient (Wildman–Crippen LogP) is 2.29. The Kier molecular flexibility index (Phi) is 4.07. The molecule has 1 amide bonds. The number of benzene rings is 1. The summed E-state index contributed by atoms with van der Waals surface area (Å²) in [5, 5.41) is 2.54. The van der Waals surface area contributed by atoms with Crippen LogP contribution >= 0.6 is 0 Å². The third-order valence-corrected chi connectivity index (χ3v) is 2.42. The normalized spacial score (nSPS) is 11.3. The maximum Gasteiger partial charge on any atom is 0.405 e. The molecule has 1 N–H and O–H groups in total. The van der Waals surface area contributed by atoms with Gasteiger partial charge in [-0.05, 0) is 12.1 Å². The molecule has 1 aromatic carbocycles. The van der Waals surface area contributed by atoms with Crippen molar-refractivity contribution in [2.45, 2.75) is 6.18 Å². The quantitative estimate of drug-likeness (QED) is 0.937. The molecule has 4 nitrogen and oxygen atoms in total. The fraction of sp³-hybridized carbons (Fsp3) is 0.231. The minimum atomic E-state index is -4.43. The van der Waals surface area contributed by atoms with Crippen LogP contribution in [0.25, 0.3) is 10.9 Å². The van der Waals surface area contributed by atoms with Crippen molar-refractivity contribution in [1.29, 1.82) is 0 Å². The Morgan fingerprint density at radius 3 is 2.80 bits per heavy atom. The van der Waals surface area contributed by atoms with Crippen molar-refractivity contribution < 1.29 is 22.7 Å². The van der Waals surface area contributed by atoms with Crippen LogP contribution in [-0.2, 0) is 4.79 Å². The Morgan fingerprint density at radius 1 is 1.30 bits per heavy atom. The van der Waals surface area contributed by atoms with Gasteiger partial charge < -0.3 is 10.1 Å². The highest BCUT2D eigenvalue weighted by Gasteiger charge is 2.27. The van der Waals surface area contributed by atoms with Crippen molar-refractivity contribution in [2.75, 3.05) is 13.2 Å². The fourth-order valence-corrected chi connectivity index (χ4v) is 1.53. The maximum absolute atomic E-state index is 11.9. The van der Waals surface area contributed by atoms with Gasteiger partial charge >= 0.3 is 6.18 Å². The number of hydrogen-bond donors (Lipinski definition) is 1. The van der Waals surface area contributed by atoms with E-state index < -0.39 is 25.2 Å². The van der Waals surface area contributed by atoms with Crippen molar-refractivity contribution in [3.05, 3.63) is 36.5 Å². The number of nitrogens with zero attached hydrogens (tertiary/aromatic N) is 1. The number of pyridine rings is 1. The van der Waals surface area contributed by atoms with E-state index in [4.69, 9.17) is 4.74 Å². The number of hydrogen-bond acceptors (Lipinski definition) is 3. The van der Waals surface area contributed by atoms with E-state index in [0.717, 1.165) is 10.9 Å². The molecular weight excluding hydrogens is 273 g/mol.